The molecule has 4 heteroatoms. The van der Waals surface area contributed by atoms with E-state index >= 15 is 0 Å². The van der Waals surface area contributed by atoms with Crippen molar-refractivity contribution in [2.75, 3.05) is 13.7 Å². The first-order valence-electron chi connectivity index (χ1n) is 6.52. The number of ether oxygens (including phenoxy) is 1. The number of amides is 1. The van der Waals surface area contributed by atoms with E-state index in [0.717, 1.165) is 11.3 Å². The van der Waals surface area contributed by atoms with Crippen molar-refractivity contribution < 1.29 is 9.53 Å². The molecule has 0 saturated carbocycles. The number of nitrogens with two attached hydrogens (primary N) is 1. The summed E-state index contributed by atoms with van der Waals surface area (Å²) in [7, 11) is 1.65. The second kappa shape index (κ2) is 6.57. The molecule has 0 aliphatic carbocycles. The fraction of sp³-hybridized carbons (Fsp3) is 0.533. The third kappa shape index (κ3) is 4.91. The summed E-state index contributed by atoms with van der Waals surface area (Å²) >= 11 is 0. The molecule has 3 N–H and O–H groups in total. The van der Waals surface area contributed by atoms with Crippen LogP contribution in [0.3, 0.4) is 0 Å². The van der Waals surface area contributed by atoms with Gasteiger partial charge in [0.2, 0.25) is 5.91 Å². The number of carbonyl (C=O) groups is 1. The molecule has 0 aliphatic heterocycles. The molecule has 0 aliphatic rings. The lowest BCUT2D eigenvalue weighted by molar-refractivity contribution is -0.121. The van der Waals surface area contributed by atoms with Gasteiger partial charge in [-0.05, 0) is 24.6 Å². The second-order valence-corrected chi connectivity index (χ2v) is 5.57. The molecule has 0 bridgehead atoms. The van der Waals surface area contributed by atoms with Gasteiger partial charge in [-0.1, -0.05) is 26.0 Å². The number of carbonyl (C=O) groups excluding carboxylic acids is 1. The Morgan fingerprint density at radius 1 is 1.37 bits per heavy atom. The van der Waals surface area contributed by atoms with E-state index < -0.39 is 0 Å². The lowest BCUT2D eigenvalue weighted by atomic mass is 9.84. The smallest absolute Gasteiger partial charge is 0.221 e. The van der Waals surface area contributed by atoms with Gasteiger partial charge in [-0.2, -0.15) is 0 Å². The molecule has 1 aromatic carbocycles. The Bertz CT molecular complexity index is 411. The van der Waals surface area contributed by atoms with Gasteiger partial charge in [0.1, 0.15) is 5.75 Å². The number of methoxy groups -OCH3 is 1. The van der Waals surface area contributed by atoms with E-state index in [-0.39, 0.29) is 17.4 Å². The Kier molecular flexibility index (Phi) is 5.36. The van der Waals surface area contributed by atoms with Crippen LogP contribution in [0.2, 0.25) is 0 Å². The quantitative estimate of drug-likeness (QED) is 0.824. The highest BCUT2D eigenvalue weighted by Crippen LogP contribution is 2.24. The van der Waals surface area contributed by atoms with Crippen molar-refractivity contribution in [1.29, 1.82) is 0 Å². The maximum atomic E-state index is 11.6. The molecule has 0 radical (unpaired) electrons. The fourth-order valence-electron chi connectivity index (χ4n) is 1.83. The highest BCUT2D eigenvalue weighted by Gasteiger charge is 2.21. The zero-order chi connectivity index (χ0) is 14.5. The van der Waals surface area contributed by atoms with E-state index in [1.807, 2.05) is 31.2 Å². The molecule has 1 amide bonds. The van der Waals surface area contributed by atoms with Crippen LogP contribution in [0.25, 0.3) is 0 Å². The minimum absolute atomic E-state index is 0.00316. The molecular formula is C15H24N2O2. The molecule has 4 nitrogen and oxygen atoms in total. The van der Waals surface area contributed by atoms with E-state index in [4.69, 9.17) is 10.5 Å². The third-order valence-corrected chi connectivity index (χ3v) is 3.11. The number of hydrogen-bond donors (Lipinski definition) is 2. The number of nitrogens with one attached hydrogen (secondary N) is 1. The molecule has 19 heavy (non-hydrogen) atoms. The van der Waals surface area contributed by atoms with Gasteiger partial charge in [-0.3, -0.25) is 4.79 Å². The lowest BCUT2D eigenvalue weighted by Gasteiger charge is -2.26. The second-order valence-electron chi connectivity index (χ2n) is 5.57. The van der Waals surface area contributed by atoms with Crippen LogP contribution in [-0.2, 0) is 10.2 Å². The zero-order valence-electron chi connectivity index (χ0n) is 12.2. The van der Waals surface area contributed by atoms with Crippen LogP contribution >= 0.6 is 0 Å². The fourth-order valence-corrected chi connectivity index (χ4v) is 1.83. The maximum Gasteiger partial charge on any atom is 0.221 e. The molecule has 1 aromatic rings. The lowest BCUT2D eigenvalue weighted by Crippen LogP contribution is -2.38. The predicted octanol–water partition coefficient (Wildman–Crippen LogP) is 1.83. The van der Waals surface area contributed by atoms with E-state index in [1.165, 1.54) is 0 Å². The van der Waals surface area contributed by atoms with Crippen LogP contribution in [0.1, 0.15) is 32.8 Å². The van der Waals surface area contributed by atoms with Crippen molar-refractivity contribution in [3.8, 4) is 5.75 Å². The van der Waals surface area contributed by atoms with Crippen molar-refractivity contribution in [2.45, 2.75) is 38.6 Å². The number of benzene rings is 1. The topological polar surface area (TPSA) is 64.3 Å². The van der Waals surface area contributed by atoms with Gasteiger partial charge in [0.25, 0.3) is 0 Å². The van der Waals surface area contributed by atoms with Crippen LogP contribution in [-0.4, -0.2) is 25.6 Å². The van der Waals surface area contributed by atoms with Crippen LogP contribution in [0, 0.1) is 0 Å². The number of hydrogen-bond acceptors (Lipinski definition) is 3. The zero-order valence-corrected chi connectivity index (χ0v) is 12.2. The molecule has 106 valence electrons. The Morgan fingerprint density at radius 3 is 2.42 bits per heavy atom. The monoisotopic (exact) mass is 264 g/mol. The van der Waals surface area contributed by atoms with E-state index in [2.05, 4.69) is 19.2 Å². The van der Waals surface area contributed by atoms with Gasteiger partial charge >= 0.3 is 0 Å². The van der Waals surface area contributed by atoms with Crippen molar-refractivity contribution >= 4 is 5.91 Å². The highest BCUT2D eigenvalue weighted by molar-refractivity contribution is 5.76. The largest absolute Gasteiger partial charge is 0.497 e. The summed E-state index contributed by atoms with van der Waals surface area (Å²) in [4.78, 5) is 11.6. The highest BCUT2D eigenvalue weighted by atomic mass is 16.5. The Hall–Kier alpha value is -1.55. The molecule has 1 rings (SSSR count). The Labute approximate surface area is 115 Å². The summed E-state index contributed by atoms with van der Waals surface area (Å²) in [6.07, 6.45) is 0.360. The SMILES string of the molecule is COc1ccc(C(C)(C)CNC(=O)CC(C)N)cc1. The standard InChI is InChI=1S/C15H24N2O2/c1-11(16)9-14(18)17-10-15(2,3)12-5-7-13(19-4)8-6-12/h5-8,11H,9-10,16H2,1-4H3,(H,17,18). The molecule has 0 fully saturated rings. The molecular weight excluding hydrogens is 240 g/mol. The first-order chi connectivity index (χ1) is 8.85. The minimum atomic E-state index is -0.125. The van der Waals surface area contributed by atoms with Crippen molar-refractivity contribution in [1.82, 2.24) is 5.32 Å². The first-order valence-corrected chi connectivity index (χ1v) is 6.52. The van der Waals surface area contributed by atoms with Gasteiger partial charge in [-0.15, -0.1) is 0 Å². The average molecular weight is 264 g/mol. The van der Waals surface area contributed by atoms with E-state index in [1.54, 1.807) is 7.11 Å². The van der Waals surface area contributed by atoms with Crippen molar-refractivity contribution in [3.63, 3.8) is 0 Å². The predicted molar refractivity (Wildman–Crippen MR) is 77.3 cm³/mol. The Morgan fingerprint density at radius 2 is 1.95 bits per heavy atom. The van der Waals surface area contributed by atoms with Crippen molar-refractivity contribution in [2.24, 2.45) is 5.73 Å². The Balaban J connectivity index is 2.61. The molecule has 1 atom stereocenters. The van der Waals surface area contributed by atoms with Gasteiger partial charge in [0, 0.05) is 24.4 Å². The summed E-state index contributed by atoms with van der Waals surface area (Å²) in [6, 6.07) is 7.80. The van der Waals surface area contributed by atoms with E-state index in [9.17, 15) is 4.79 Å². The average Bonchev–Trinajstić information content (AvgIpc) is 2.36. The summed E-state index contributed by atoms with van der Waals surface area (Å²) in [6.45, 7) is 6.61. The van der Waals surface area contributed by atoms with Crippen LogP contribution in [0.15, 0.2) is 24.3 Å². The summed E-state index contributed by atoms with van der Waals surface area (Å²) in [5, 5.41) is 2.93. The van der Waals surface area contributed by atoms with Crippen LogP contribution in [0.5, 0.6) is 5.75 Å². The van der Waals surface area contributed by atoms with Crippen LogP contribution in [0.4, 0.5) is 0 Å². The normalized spacial score (nSPS) is 12.9. The van der Waals surface area contributed by atoms with Gasteiger partial charge in [0.05, 0.1) is 7.11 Å². The van der Waals surface area contributed by atoms with Gasteiger partial charge in [0.15, 0.2) is 0 Å². The van der Waals surface area contributed by atoms with Crippen molar-refractivity contribution in [3.05, 3.63) is 29.8 Å². The van der Waals surface area contributed by atoms with Gasteiger partial charge in [-0.25, -0.2) is 0 Å². The molecule has 0 spiro atoms. The minimum Gasteiger partial charge on any atom is -0.497 e. The summed E-state index contributed by atoms with van der Waals surface area (Å²) < 4.78 is 5.14. The van der Waals surface area contributed by atoms with Gasteiger partial charge < -0.3 is 15.8 Å². The van der Waals surface area contributed by atoms with E-state index in [0.29, 0.717) is 13.0 Å². The molecule has 0 saturated heterocycles. The number of rotatable bonds is 6. The first kappa shape index (κ1) is 15.5. The molecule has 0 heterocycles. The van der Waals surface area contributed by atoms with Crippen LogP contribution < -0.4 is 15.8 Å². The molecule has 0 aromatic heterocycles. The third-order valence-electron chi connectivity index (χ3n) is 3.11. The summed E-state index contributed by atoms with van der Waals surface area (Å²) in [5.74, 6) is 0.831. The maximum absolute atomic E-state index is 11.6. The molecule has 1 unspecified atom stereocenters. The summed E-state index contributed by atoms with van der Waals surface area (Å²) in [5.41, 5.74) is 6.64.